The largest absolute Gasteiger partial charge is 0.388 e. The monoisotopic (exact) mass is 222 g/mol. The van der Waals surface area contributed by atoms with E-state index in [1.807, 2.05) is 0 Å². The highest BCUT2D eigenvalue weighted by Crippen LogP contribution is 2.24. The molecule has 0 aliphatic heterocycles. The maximum absolute atomic E-state index is 5.90. The van der Waals surface area contributed by atoms with Gasteiger partial charge in [-0.15, -0.1) is 0 Å². The summed E-state index contributed by atoms with van der Waals surface area (Å²) in [4.78, 5) is 0. The highest BCUT2D eigenvalue weighted by molar-refractivity contribution is 4.91. The van der Waals surface area contributed by atoms with Gasteiger partial charge in [-0.05, 0) is 50.6 Å². The molecule has 0 atom stereocenters. The van der Waals surface area contributed by atoms with Crippen LogP contribution >= 0.6 is 0 Å². The number of hydrogen-bond acceptors (Lipinski definition) is 2. The molecular formula is C14H26N2. The third kappa shape index (κ3) is 3.82. The van der Waals surface area contributed by atoms with Crippen LogP contribution in [0, 0.1) is 5.92 Å². The Labute approximate surface area is 99.7 Å². The molecule has 2 aliphatic rings. The molecule has 92 valence electrons. The summed E-state index contributed by atoms with van der Waals surface area (Å²) in [6.45, 7) is 0. The van der Waals surface area contributed by atoms with E-state index in [2.05, 4.69) is 17.6 Å². The summed E-state index contributed by atoms with van der Waals surface area (Å²) in [5, 5.41) is 3.55. The van der Waals surface area contributed by atoms with Gasteiger partial charge in [0.05, 0.1) is 0 Å². The van der Waals surface area contributed by atoms with E-state index >= 15 is 0 Å². The number of hydrogen-bond donors (Lipinski definition) is 2. The predicted molar refractivity (Wildman–Crippen MR) is 69.1 cm³/mol. The van der Waals surface area contributed by atoms with Gasteiger partial charge >= 0.3 is 0 Å². The SMILES string of the molecule is NC1CCC(N/C=C/C2CCCCC2)CC1. The van der Waals surface area contributed by atoms with Crippen LogP contribution in [0.2, 0.25) is 0 Å². The van der Waals surface area contributed by atoms with Gasteiger partial charge in [0.2, 0.25) is 0 Å². The average Bonchev–Trinajstić information content (AvgIpc) is 2.33. The molecule has 2 fully saturated rings. The lowest BCUT2D eigenvalue weighted by molar-refractivity contribution is 0.364. The molecule has 0 bridgehead atoms. The minimum atomic E-state index is 0.459. The Morgan fingerprint density at radius 2 is 1.56 bits per heavy atom. The van der Waals surface area contributed by atoms with Gasteiger partial charge < -0.3 is 11.1 Å². The van der Waals surface area contributed by atoms with Crippen LogP contribution in [-0.2, 0) is 0 Å². The fourth-order valence-electron chi connectivity index (χ4n) is 2.94. The fourth-order valence-corrected chi connectivity index (χ4v) is 2.94. The Bertz CT molecular complexity index is 211. The topological polar surface area (TPSA) is 38.0 Å². The van der Waals surface area contributed by atoms with Crippen molar-refractivity contribution >= 4 is 0 Å². The van der Waals surface area contributed by atoms with Crippen LogP contribution in [0.1, 0.15) is 57.8 Å². The van der Waals surface area contributed by atoms with Crippen LogP contribution in [0.3, 0.4) is 0 Å². The molecule has 2 aliphatic carbocycles. The lowest BCUT2D eigenvalue weighted by atomic mass is 9.89. The van der Waals surface area contributed by atoms with Crippen LogP contribution in [0.15, 0.2) is 12.3 Å². The van der Waals surface area contributed by atoms with Gasteiger partial charge in [-0.2, -0.15) is 0 Å². The third-order valence-corrected chi connectivity index (χ3v) is 4.12. The van der Waals surface area contributed by atoms with Gasteiger partial charge in [0.1, 0.15) is 0 Å². The highest BCUT2D eigenvalue weighted by atomic mass is 14.9. The molecule has 0 heterocycles. The molecule has 0 aromatic heterocycles. The number of allylic oxidation sites excluding steroid dienone is 1. The van der Waals surface area contributed by atoms with E-state index < -0.39 is 0 Å². The maximum Gasteiger partial charge on any atom is 0.0256 e. The normalized spacial score (nSPS) is 33.1. The van der Waals surface area contributed by atoms with E-state index in [1.54, 1.807) is 0 Å². The summed E-state index contributed by atoms with van der Waals surface area (Å²) in [5.41, 5.74) is 5.90. The maximum atomic E-state index is 5.90. The Kier molecular flexibility index (Phi) is 4.70. The van der Waals surface area contributed by atoms with Crippen LogP contribution in [0.5, 0.6) is 0 Å². The fraction of sp³-hybridized carbons (Fsp3) is 0.857. The number of nitrogens with one attached hydrogen (secondary N) is 1. The zero-order valence-electron chi connectivity index (χ0n) is 10.3. The summed E-state index contributed by atoms with van der Waals surface area (Å²) < 4.78 is 0. The van der Waals surface area contributed by atoms with Crippen molar-refractivity contribution in [2.75, 3.05) is 0 Å². The molecule has 2 heteroatoms. The first kappa shape index (κ1) is 12.0. The summed E-state index contributed by atoms with van der Waals surface area (Å²) >= 11 is 0. The lowest BCUT2D eigenvalue weighted by Gasteiger charge is -2.26. The Balaban J connectivity index is 1.64. The molecule has 16 heavy (non-hydrogen) atoms. The van der Waals surface area contributed by atoms with Gasteiger partial charge in [0.15, 0.2) is 0 Å². The number of rotatable bonds is 3. The first-order valence-electron chi connectivity index (χ1n) is 7.03. The van der Waals surface area contributed by atoms with Crippen molar-refractivity contribution in [1.82, 2.24) is 5.32 Å². The van der Waals surface area contributed by atoms with E-state index in [9.17, 15) is 0 Å². The Morgan fingerprint density at radius 1 is 0.875 bits per heavy atom. The first-order chi connectivity index (χ1) is 7.84. The molecule has 0 unspecified atom stereocenters. The van der Waals surface area contributed by atoms with E-state index in [-0.39, 0.29) is 0 Å². The molecule has 0 aromatic rings. The van der Waals surface area contributed by atoms with Gasteiger partial charge in [-0.3, -0.25) is 0 Å². The van der Waals surface area contributed by atoms with Crippen molar-refractivity contribution in [3.63, 3.8) is 0 Å². The molecule has 3 N–H and O–H groups in total. The van der Waals surface area contributed by atoms with Crippen LogP contribution in [-0.4, -0.2) is 12.1 Å². The van der Waals surface area contributed by atoms with Gasteiger partial charge in [0.25, 0.3) is 0 Å². The van der Waals surface area contributed by atoms with E-state index in [0.29, 0.717) is 12.1 Å². The molecule has 0 spiro atoms. The standard InChI is InChI=1S/C14H26N2/c15-13-6-8-14(9-7-13)16-11-10-12-4-2-1-3-5-12/h10-14,16H,1-9,15H2/b11-10+. The molecule has 2 saturated carbocycles. The molecule has 0 saturated heterocycles. The minimum absolute atomic E-state index is 0.459. The minimum Gasteiger partial charge on any atom is -0.388 e. The highest BCUT2D eigenvalue weighted by Gasteiger charge is 2.17. The Hall–Kier alpha value is -0.500. The molecule has 0 radical (unpaired) electrons. The zero-order chi connectivity index (χ0) is 11.2. The molecule has 0 aromatic carbocycles. The number of nitrogens with two attached hydrogens (primary N) is 1. The first-order valence-corrected chi connectivity index (χ1v) is 7.03. The van der Waals surface area contributed by atoms with Crippen molar-refractivity contribution < 1.29 is 0 Å². The van der Waals surface area contributed by atoms with Crippen molar-refractivity contribution in [3.05, 3.63) is 12.3 Å². The smallest absolute Gasteiger partial charge is 0.0256 e. The summed E-state index contributed by atoms with van der Waals surface area (Å²) in [5.74, 6) is 0.840. The second-order valence-corrected chi connectivity index (χ2v) is 5.54. The van der Waals surface area contributed by atoms with Gasteiger partial charge in [-0.1, -0.05) is 25.3 Å². The lowest BCUT2D eigenvalue weighted by Crippen LogP contribution is -2.35. The summed E-state index contributed by atoms with van der Waals surface area (Å²) in [6, 6.07) is 1.14. The Morgan fingerprint density at radius 3 is 2.25 bits per heavy atom. The third-order valence-electron chi connectivity index (χ3n) is 4.12. The van der Waals surface area contributed by atoms with E-state index in [0.717, 1.165) is 5.92 Å². The molecular weight excluding hydrogens is 196 g/mol. The van der Waals surface area contributed by atoms with Gasteiger partial charge in [0, 0.05) is 12.1 Å². The molecule has 2 nitrogen and oxygen atoms in total. The van der Waals surface area contributed by atoms with Crippen molar-refractivity contribution in [2.24, 2.45) is 11.7 Å². The van der Waals surface area contributed by atoms with Crippen molar-refractivity contribution in [3.8, 4) is 0 Å². The second kappa shape index (κ2) is 6.29. The van der Waals surface area contributed by atoms with Crippen LogP contribution in [0.4, 0.5) is 0 Å². The quantitative estimate of drug-likeness (QED) is 0.770. The molecule has 0 amide bonds. The summed E-state index contributed by atoms with van der Waals surface area (Å²) in [6.07, 6.45) is 16.6. The second-order valence-electron chi connectivity index (χ2n) is 5.54. The van der Waals surface area contributed by atoms with Crippen molar-refractivity contribution in [1.29, 1.82) is 0 Å². The average molecular weight is 222 g/mol. The van der Waals surface area contributed by atoms with Crippen LogP contribution in [0.25, 0.3) is 0 Å². The van der Waals surface area contributed by atoms with Crippen LogP contribution < -0.4 is 11.1 Å². The zero-order valence-corrected chi connectivity index (χ0v) is 10.3. The predicted octanol–water partition coefficient (Wildman–Crippen LogP) is 2.94. The van der Waals surface area contributed by atoms with E-state index in [1.165, 1.54) is 57.8 Å². The summed E-state index contributed by atoms with van der Waals surface area (Å²) in [7, 11) is 0. The van der Waals surface area contributed by atoms with E-state index in [4.69, 9.17) is 5.73 Å². The van der Waals surface area contributed by atoms with Crippen molar-refractivity contribution in [2.45, 2.75) is 69.9 Å². The molecule has 2 rings (SSSR count). The van der Waals surface area contributed by atoms with Gasteiger partial charge in [-0.25, -0.2) is 0 Å².